The highest BCUT2D eigenvalue weighted by atomic mass is 19.1. The van der Waals surface area contributed by atoms with Gasteiger partial charge in [-0.15, -0.1) is 0 Å². The zero-order valence-corrected chi connectivity index (χ0v) is 12.7. The minimum atomic E-state index is -0.401. The Kier molecular flexibility index (Phi) is 5.17. The molecule has 1 saturated heterocycles. The minimum Gasteiger partial charge on any atom is -0.397 e. The lowest BCUT2D eigenvalue weighted by Gasteiger charge is -2.36. The molecule has 1 heterocycles. The van der Waals surface area contributed by atoms with Crippen LogP contribution >= 0.6 is 0 Å². The van der Waals surface area contributed by atoms with Crippen LogP contribution in [0.4, 0.5) is 15.8 Å². The van der Waals surface area contributed by atoms with Crippen LogP contribution in [-0.4, -0.2) is 29.9 Å². The van der Waals surface area contributed by atoms with Gasteiger partial charge in [0.15, 0.2) is 0 Å². The Balaban J connectivity index is 1.82. The van der Waals surface area contributed by atoms with Crippen molar-refractivity contribution in [2.75, 3.05) is 24.1 Å². The van der Waals surface area contributed by atoms with Crippen LogP contribution in [0.15, 0.2) is 18.2 Å². The molecule has 0 bridgehead atoms. The third-order valence-corrected chi connectivity index (χ3v) is 4.19. The number of nitrogens with zero attached hydrogens (tertiary/aromatic N) is 1. The van der Waals surface area contributed by atoms with Crippen molar-refractivity contribution in [1.29, 1.82) is 0 Å². The number of nitrogens with one attached hydrogen (secondary N) is 1. The van der Waals surface area contributed by atoms with E-state index in [2.05, 4.69) is 24.1 Å². The van der Waals surface area contributed by atoms with E-state index >= 15 is 0 Å². The van der Waals surface area contributed by atoms with Crippen LogP contribution in [0.25, 0.3) is 0 Å². The molecule has 2 unspecified atom stereocenters. The van der Waals surface area contributed by atoms with Crippen molar-refractivity contribution >= 4 is 17.3 Å². The normalized spacial score (nSPS) is 23.0. The molecule has 0 spiro atoms. The smallest absolute Gasteiger partial charge is 0.225 e. The van der Waals surface area contributed by atoms with Crippen LogP contribution in [0, 0.1) is 11.7 Å². The van der Waals surface area contributed by atoms with E-state index in [1.807, 2.05) is 0 Å². The average Bonchev–Trinajstić information content (AvgIpc) is 2.41. The second-order valence-electron chi connectivity index (χ2n) is 6.04. The number of halogens is 1. The molecular weight excluding hydrogens is 269 g/mol. The molecule has 0 radical (unpaired) electrons. The maximum atomic E-state index is 13.0. The second-order valence-corrected chi connectivity index (χ2v) is 6.04. The predicted octanol–water partition coefficient (Wildman–Crippen LogP) is 2.86. The van der Waals surface area contributed by atoms with Gasteiger partial charge < -0.3 is 16.0 Å². The van der Waals surface area contributed by atoms with Gasteiger partial charge in [-0.05, 0) is 50.4 Å². The van der Waals surface area contributed by atoms with Gasteiger partial charge in [0, 0.05) is 19.0 Å². The fraction of sp³-hybridized carbons (Fsp3) is 0.562. The Labute approximate surface area is 125 Å². The van der Waals surface area contributed by atoms with Gasteiger partial charge >= 0.3 is 0 Å². The first-order valence-corrected chi connectivity index (χ1v) is 7.54. The number of rotatable bonds is 4. The Morgan fingerprint density at radius 1 is 1.48 bits per heavy atom. The highest BCUT2D eigenvalue weighted by molar-refractivity contribution is 5.93. The van der Waals surface area contributed by atoms with E-state index in [-0.39, 0.29) is 11.6 Å². The third-order valence-electron chi connectivity index (χ3n) is 4.19. The van der Waals surface area contributed by atoms with Gasteiger partial charge in [0.2, 0.25) is 5.91 Å². The van der Waals surface area contributed by atoms with Gasteiger partial charge in [0.25, 0.3) is 0 Å². The number of anilines is 2. The van der Waals surface area contributed by atoms with Gasteiger partial charge in [-0.2, -0.15) is 0 Å². The van der Waals surface area contributed by atoms with E-state index in [0.717, 1.165) is 19.0 Å². The van der Waals surface area contributed by atoms with E-state index in [0.29, 0.717) is 18.2 Å². The summed E-state index contributed by atoms with van der Waals surface area (Å²) in [5.74, 6) is 0.282. The van der Waals surface area contributed by atoms with Crippen LogP contribution < -0.4 is 11.1 Å². The van der Waals surface area contributed by atoms with Gasteiger partial charge in [-0.3, -0.25) is 4.79 Å². The third kappa shape index (κ3) is 4.43. The van der Waals surface area contributed by atoms with Crippen LogP contribution in [0.2, 0.25) is 0 Å². The molecule has 0 aliphatic carbocycles. The number of hydrogen-bond acceptors (Lipinski definition) is 3. The van der Waals surface area contributed by atoms with E-state index in [1.165, 1.54) is 31.0 Å². The van der Waals surface area contributed by atoms with Crippen molar-refractivity contribution in [2.24, 2.45) is 5.92 Å². The summed E-state index contributed by atoms with van der Waals surface area (Å²) in [6.07, 6.45) is 2.80. The number of benzene rings is 1. The summed E-state index contributed by atoms with van der Waals surface area (Å²) in [4.78, 5) is 14.3. The standard InChI is InChI=1S/C16H24FN3O/c1-11-5-7-20(12(2)9-11)8-6-16(21)19-15-4-3-13(17)10-14(15)18/h3-4,10-12H,5-9,18H2,1-2H3,(H,19,21). The van der Waals surface area contributed by atoms with Crippen LogP contribution in [0.5, 0.6) is 0 Å². The molecule has 116 valence electrons. The Morgan fingerprint density at radius 3 is 2.90 bits per heavy atom. The summed E-state index contributed by atoms with van der Waals surface area (Å²) in [6, 6.07) is 4.52. The fourth-order valence-electron chi connectivity index (χ4n) is 2.89. The van der Waals surface area contributed by atoms with E-state index in [1.54, 1.807) is 0 Å². The van der Waals surface area contributed by atoms with Gasteiger partial charge in [0.1, 0.15) is 5.82 Å². The zero-order chi connectivity index (χ0) is 15.4. The van der Waals surface area contributed by atoms with Crippen LogP contribution in [-0.2, 0) is 4.79 Å². The number of carbonyl (C=O) groups excluding carboxylic acids is 1. The number of amides is 1. The number of nitrogen functional groups attached to an aromatic ring is 1. The Bertz CT molecular complexity index is 506. The van der Waals surface area contributed by atoms with Gasteiger partial charge in [0.05, 0.1) is 11.4 Å². The molecule has 2 atom stereocenters. The number of piperidine rings is 1. The van der Waals surface area contributed by atoms with Crippen molar-refractivity contribution in [1.82, 2.24) is 4.90 Å². The Hall–Kier alpha value is -1.62. The molecule has 0 aromatic heterocycles. The van der Waals surface area contributed by atoms with Crippen molar-refractivity contribution in [3.05, 3.63) is 24.0 Å². The van der Waals surface area contributed by atoms with Gasteiger partial charge in [-0.1, -0.05) is 6.92 Å². The minimum absolute atomic E-state index is 0.0841. The topological polar surface area (TPSA) is 58.4 Å². The molecular formula is C16H24FN3O. The molecule has 5 heteroatoms. The van der Waals surface area contributed by atoms with Crippen molar-refractivity contribution in [3.63, 3.8) is 0 Å². The summed E-state index contributed by atoms with van der Waals surface area (Å²) in [7, 11) is 0. The zero-order valence-electron chi connectivity index (χ0n) is 12.7. The molecule has 1 aliphatic rings. The number of nitrogens with two attached hydrogens (primary N) is 1. The molecule has 1 aromatic rings. The maximum Gasteiger partial charge on any atom is 0.225 e. The molecule has 1 aromatic carbocycles. The lowest BCUT2D eigenvalue weighted by Crippen LogP contribution is -2.41. The summed E-state index contributed by atoms with van der Waals surface area (Å²) in [5, 5.41) is 2.74. The molecule has 1 fully saturated rings. The first-order chi connectivity index (χ1) is 9.95. The summed E-state index contributed by atoms with van der Waals surface area (Å²) >= 11 is 0. The fourth-order valence-corrected chi connectivity index (χ4v) is 2.89. The largest absolute Gasteiger partial charge is 0.397 e. The van der Waals surface area contributed by atoms with Gasteiger partial charge in [-0.25, -0.2) is 4.39 Å². The molecule has 1 amide bonds. The van der Waals surface area contributed by atoms with E-state index in [4.69, 9.17) is 5.73 Å². The molecule has 4 nitrogen and oxygen atoms in total. The first kappa shape index (κ1) is 15.8. The number of carbonyl (C=O) groups is 1. The molecule has 2 rings (SSSR count). The molecule has 3 N–H and O–H groups in total. The highest BCUT2D eigenvalue weighted by Crippen LogP contribution is 2.22. The lowest BCUT2D eigenvalue weighted by molar-refractivity contribution is -0.116. The highest BCUT2D eigenvalue weighted by Gasteiger charge is 2.22. The monoisotopic (exact) mass is 293 g/mol. The van der Waals surface area contributed by atoms with Crippen LogP contribution in [0.1, 0.15) is 33.1 Å². The maximum absolute atomic E-state index is 13.0. The second kappa shape index (κ2) is 6.89. The quantitative estimate of drug-likeness (QED) is 0.839. The van der Waals surface area contributed by atoms with E-state index in [9.17, 15) is 9.18 Å². The summed E-state index contributed by atoms with van der Waals surface area (Å²) in [6.45, 7) is 6.29. The Morgan fingerprint density at radius 2 is 2.24 bits per heavy atom. The SMILES string of the molecule is CC1CCN(CCC(=O)Nc2ccc(F)cc2N)C(C)C1. The summed E-state index contributed by atoms with van der Waals surface area (Å²) < 4.78 is 13.0. The number of likely N-dealkylation sites (tertiary alicyclic amines) is 1. The lowest BCUT2D eigenvalue weighted by atomic mass is 9.93. The van der Waals surface area contributed by atoms with E-state index < -0.39 is 5.82 Å². The van der Waals surface area contributed by atoms with Crippen LogP contribution in [0.3, 0.4) is 0 Å². The average molecular weight is 293 g/mol. The summed E-state index contributed by atoms with van der Waals surface area (Å²) in [5.41, 5.74) is 6.41. The number of hydrogen-bond donors (Lipinski definition) is 2. The van der Waals surface area contributed by atoms with Crippen molar-refractivity contribution < 1.29 is 9.18 Å². The first-order valence-electron chi connectivity index (χ1n) is 7.54. The molecule has 0 saturated carbocycles. The van der Waals surface area contributed by atoms with Crippen molar-refractivity contribution in [3.8, 4) is 0 Å². The molecule has 21 heavy (non-hydrogen) atoms. The predicted molar refractivity (Wildman–Crippen MR) is 83.5 cm³/mol. The molecule has 1 aliphatic heterocycles. The van der Waals surface area contributed by atoms with Crippen molar-refractivity contribution in [2.45, 2.75) is 39.2 Å².